The van der Waals surface area contributed by atoms with Crippen molar-refractivity contribution in [1.29, 1.82) is 0 Å². The fraction of sp³-hybridized carbons (Fsp3) is 1.00. The molecule has 0 bridgehead atoms. The number of hydrogen-bond acceptors (Lipinski definition) is 3. The highest BCUT2D eigenvalue weighted by Crippen LogP contribution is 2.44. The SMILES string of the molecule is COC(C)C(O)C1CC(C)(C)OC1(C)C. The van der Waals surface area contributed by atoms with E-state index in [4.69, 9.17) is 9.47 Å². The van der Waals surface area contributed by atoms with E-state index >= 15 is 0 Å². The van der Waals surface area contributed by atoms with Crippen molar-refractivity contribution in [3.05, 3.63) is 0 Å². The molecule has 0 radical (unpaired) electrons. The number of ether oxygens (including phenoxy) is 2. The molecule has 0 amide bonds. The van der Waals surface area contributed by atoms with Crippen LogP contribution in [-0.2, 0) is 9.47 Å². The van der Waals surface area contributed by atoms with Gasteiger partial charge in [0, 0.05) is 13.0 Å². The second-order valence-corrected chi connectivity index (χ2v) is 5.71. The van der Waals surface area contributed by atoms with E-state index in [1.54, 1.807) is 7.11 Å². The lowest BCUT2D eigenvalue weighted by Crippen LogP contribution is -2.42. The van der Waals surface area contributed by atoms with Crippen LogP contribution in [0.2, 0.25) is 0 Å². The maximum atomic E-state index is 10.2. The fourth-order valence-corrected chi connectivity index (χ4v) is 2.60. The summed E-state index contributed by atoms with van der Waals surface area (Å²) in [4.78, 5) is 0. The lowest BCUT2D eigenvalue weighted by Gasteiger charge is -2.32. The molecule has 1 fully saturated rings. The van der Waals surface area contributed by atoms with Crippen molar-refractivity contribution in [3.63, 3.8) is 0 Å². The van der Waals surface area contributed by atoms with Gasteiger partial charge in [-0.2, -0.15) is 0 Å². The summed E-state index contributed by atoms with van der Waals surface area (Å²) in [6, 6.07) is 0. The molecule has 0 aromatic heterocycles. The van der Waals surface area contributed by atoms with Crippen molar-refractivity contribution >= 4 is 0 Å². The summed E-state index contributed by atoms with van der Waals surface area (Å²) in [6.45, 7) is 10.1. The predicted molar refractivity (Wildman–Crippen MR) is 59.8 cm³/mol. The van der Waals surface area contributed by atoms with Gasteiger partial charge in [-0.05, 0) is 41.0 Å². The average molecular weight is 216 g/mol. The molecule has 0 aromatic carbocycles. The van der Waals surface area contributed by atoms with Gasteiger partial charge in [-0.25, -0.2) is 0 Å². The molecule has 0 saturated carbocycles. The second kappa shape index (κ2) is 4.04. The molecule has 0 aliphatic carbocycles. The van der Waals surface area contributed by atoms with Gasteiger partial charge in [0.25, 0.3) is 0 Å². The highest BCUT2D eigenvalue weighted by Gasteiger charge is 2.49. The Morgan fingerprint density at radius 3 is 2.20 bits per heavy atom. The van der Waals surface area contributed by atoms with Crippen LogP contribution in [-0.4, -0.2) is 35.6 Å². The van der Waals surface area contributed by atoms with E-state index in [0.29, 0.717) is 0 Å². The first-order valence-corrected chi connectivity index (χ1v) is 5.60. The molecule has 3 nitrogen and oxygen atoms in total. The van der Waals surface area contributed by atoms with Gasteiger partial charge in [-0.3, -0.25) is 0 Å². The zero-order valence-electron chi connectivity index (χ0n) is 10.7. The van der Waals surface area contributed by atoms with Gasteiger partial charge in [0.15, 0.2) is 0 Å². The molecule has 15 heavy (non-hydrogen) atoms. The molecule has 3 heteroatoms. The minimum atomic E-state index is -0.466. The summed E-state index contributed by atoms with van der Waals surface area (Å²) in [7, 11) is 1.63. The van der Waals surface area contributed by atoms with Crippen molar-refractivity contribution in [1.82, 2.24) is 0 Å². The zero-order valence-corrected chi connectivity index (χ0v) is 10.7. The molecule has 90 valence electrons. The monoisotopic (exact) mass is 216 g/mol. The zero-order chi connectivity index (χ0) is 11.9. The highest BCUT2D eigenvalue weighted by atomic mass is 16.5. The third-order valence-electron chi connectivity index (χ3n) is 3.41. The number of aliphatic hydroxyl groups is 1. The number of hydrogen-bond donors (Lipinski definition) is 1. The topological polar surface area (TPSA) is 38.7 Å². The Labute approximate surface area is 92.8 Å². The minimum Gasteiger partial charge on any atom is -0.390 e. The summed E-state index contributed by atoms with van der Waals surface area (Å²) < 4.78 is 11.1. The molecule has 0 spiro atoms. The predicted octanol–water partition coefficient (Wildman–Crippen LogP) is 1.98. The van der Waals surface area contributed by atoms with E-state index in [2.05, 4.69) is 13.8 Å². The molecule has 1 heterocycles. The molecular weight excluding hydrogens is 192 g/mol. The Hall–Kier alpha value is -0.120. The van der Waals surface area contributed by atoms with Crippen LogP contribution in [0.5, 0.6) is 0 Å². The van der Waals surface area contributed by atoms with Gasteiger partial charge in [0.2, 0.25) is 0 Å². The largest absolute Gasteiger partial charge is 0.390 e. The maximum absolute atomic E-state index is 10.2. The first-order chi connectivity index (χ1) is 6.69. The van der Waals surface area contributed by atoms with Crippen molar-refractivity contribution < 1.29 is 14.6 Å². The Morgan fingerprint density at radius 1 is 1.33 bits per heavy atom. The molecule has 1 aliphatic heterocycles. The van der Waals surface area contributed by atoms with Crippen molar-refractivity contribution in [3.8, 4) is 0 Å². The van der Waals surface area contributed by atoms with Crippen LogP contribution in [0.4, 0.5) is 0 Å². The molecule has 3 atom stereocenters. The third kappa shape index (κ3) is 2.71. The number of aliphatic hydroxyl groups excluding tert-OH is 1. The maximum Gasteiger partial charge on any atom is 0.0855 e. The van der Waals surface area contributed by atoms with Crippen molar-refractivity contribution in [2.75, 3.05) is 7.11 Å². The van der Waals surface area contributed by atoms with Gasteiger partial charge in [-0.15, -0.1) is 0 Å². The van der Waals surface area contributed by atoms with Gasteiger partial charge >= 0.3 is 0 Å². The van der Waals surface area contributed by atoms with E-state index < -0.39 is 6.10 Å². The Balaban J connectivity index is 2.78. The number of rotatable bonds is 3. The van der Waals surface area contributed by atoms with E-state index in [1.807, 2.05) is 20.8 Å². The van der Waals surface area contributed by atoms with Crippen LogP contribution in [0, 0.1) is 5.92 Å². The number of methoxy groups -OCH3 is 1. The van der Waals surface area contributed by atoms with Crippen LogP contribution in [0.25, 0.3) is 0 Å². The minimum absolute atomic E-state index is 0.127. The van der Waals surface area contributed by atoms with Crippen LogP contribution in [0.1, 0.15) is 41.0 Å². The fourth-order valence-electron chi connectivity index (χ4n) is 2.60. The molecule has 3 unspecified atom stereocenters. The first kappa shape index (κ1) is 12.9. The Bertz CT molecular complexity index is 223. The van der Waals surface area contributed by atoms with E-state index in [9.17, 15) is 5.11 Å². The summed E-state index contributed by atoms with van der Waals surface area (Å²) in [5.74, 6) is 0.127. The van der Waals surface area contributed by atoms with Crippen LogP contribution in [0.3, 0.4) is 0 Å². The average Bonchev–Trinajstić information content (AvgIpc) is 2.31. The lowest BCUT2D eigenvalue weighted by atomic mass is 9.81. The normalized spacial score (nSPS) is 32.6. The molecule has 0 aromatic rings. The smallest absolute Gasteiger partial charge is 0.0855 e. The quantitative estimate of drug-likeness (QED) is 0.784. The molecule has 1 rings (SSSR count). The first-order valence-electron chi connectivity index (χ1n) is 5.60. The van der Waals surface area contributed by atoms with Crippen molar-refractivity contribution in [2.45, 2.75) is 64.4 Å². The van der Waals surface area contributed by atoms with E-state index in [0.717, 1.165) is 6.42 Å². The second-order valence-electron chi connectivity index (χ2n) is 5.71. The standard InChI is InChI=1S/C12H24O3/c1-8(14-6)10(13)9-7-11(2,3)15-12(9,4)5/h8-10,13H,7H2,1-6H3. The van der Waals surface area contributed by atoms with Crippen LogP contribution < -0.4 is 0 Å². The molecular formula is C12H24O3. The Morgan fingerprint density at radius 2 is 1.87 bits per heavy atom. The summed E-state index contributed by atoms with van der Waals surface area (Å²) in [5, 5.41) is 10.2. The summed E-state index contributed by atoms with van der Waals surface area (Å²) >= 11 is 0. The molecule has 1 N–H and O–H groups in total. The van der Waals surface area contributed by atoms with Crippen molar-refractivity contribution in [2.24, 2.45) is 5.92 Å². The van der Waals surface area contributed by atoms with Crippen LogP contribution >= 0.6 is 0 Å². The van der Waals surface area contributed by atoms with E-state index in [-0.39, 0.29) is 23.2 Å². The van der Waals surface area contributed by atoms with Gasteiger partial charge in [0.05, 0.1) is 23.4 Å². The van der Waals surface area contributed by atoms with Crippen LogP contribution in [0.15, 0.2) is 0 Å². The Kier molecular flexibility index (Phi) is 3.49. The van der Waals surface area contributed by atoms with Gasteiger partial charge < -0.3 is 14.6 Å². The van der Waals surface area contributed by atoms with Gasteiger partial charge in [-0.1, -0.05) is 0 Å². The summed E-state index contributed by atoms with van der Waals surface area (Å²) in [5.41, 5.74) is -0.432. The van der Waals surface area contributed by atoms with Gasteiger partial charge in [0.1, 0.15) is 0 Å². The lowest BCUT2D eigenvalue weighted by molar-refractivity contribution is -0.105. The molecule has 1 aliphatic rings. The van der Waals surface area contributed by atoms with E-state index in [1.165, 1.54) is 0 Å². The molecule has 1 saturated heterocycles. The highest BCUT2D eigenvalue weighted by molar-refractivity contribution is 4.98. The third-order valence-corrected chi connectivity index (χ3v) is 3.41. The summed E-state index contributed by atoms with van der Waals surface area (Å²) in [6.07, 6.45) is 0.257.